The fraction of sp³-hybridized carbons (Fsp3) is 0.258. The van der Waals surface area contributed by atoms with Crippen LogP contribution in [0.15, 0.2) is 66.2 Å². The highest BCUT2D eigenvalue weighted by atomic mass is 16.5. The second-order valence-corrected chi connectivity index (χ2v) is 10.4. The molecule has 3 aromatic carbocycles. The van der Waals surface area contributed by atoms with E-state index in [1.54, 1.807) is 24.3 Å². The summed E-state index contributed by atoms with van der Waals surface area (Å²) in [6.07, 6.45) is -0.00343. The normalized spacial score (nSPS) is 16.9. The Labute approximate surface area is 227 Å². The summed E-state index contributed by atoms with van der Waals surface area (Å²) < 4.78 is 5.71. The largest absolute Gasteiger partial charge is 0.507 e. The van der Waals surface area contributed by atoms with E-state index in [2.05, 4.69) is 9.97 Å². The number of fused-ring (bicyclic) bond motifs is 1. The summed E-state index contributed by atoms with van der Waals surface area (Å²) in [6, 6.07) is 17.4. The number of aryl methyl sites for hydroxylation is 2. The van der Waals surface area contributed by atoms with Gasteiger partial charge in [0.25, 0.3) is 5.78 Å². The minimum Gasteiger partial charge on any atom is -0.507 e. The average Bonchev–Trinajstić information content (AvgIpc) is 3.41. The Morgan fingerprint density at radius 2 is 1.64 bits per heavy atom. The number of carbonyl (C=O) groups is 2. The summed E-state index contributed by atoms with van der Waals surface area (Å²) in [7, 11) is 3.87. The molecule has 1 unspecified atom stereocenters. The van der Waals surface area contributed by atoms with Crippen molar-refractivity contribution in [1.82, 2.24) is 9.97 Å². The maximum Gasteiger partial charge on any atom is 0.302 e. The number of aromatic nitrogens is 2. The number of anilines is 2. The van der Waals surface area contributed by atoms with Crippen LogP contribution in [0.4, 0.5) is 11.6 Å². The van der Waals surface area contributed by atoms with Crippen molar-refractivity contribution in [1.29, 1.82) is 0 Å². The highest BCUT2D eigenvalue weighted by Gasteiger charge is 2.48. The van der Waals surface area contributed by atoms with Gasteiger partial charge in [0.1, 0.15) is 11.5 Å². The first kappa shape index (κ1) is 26.0. The number of nitrogens with one attached hydrogen (secondary N) is 1. The van der Waals surface area contributed by atoms with Gasteiger partial charge >= 0.3 is 5.91 Å². The number of amides is 1. The number of aliphatic hydroxyl groups excluding tert-OH is 1. The van der Waals surface area contributed by atoms with Gasteiger partial charge in [-0.05, 0) is 92.9 Å². The van der Waals surface area contributed by atoms with E-state index >= 15 is 0 Å². The number of Topliss-reactive ketones (excluding diaryl/α,β-unsaturated/α-hetero) is 1. The number of imidazole rings is 1. The second-order valence-electron chi connectivity index (χ2n) is 10.4. The van der Waals surface area contributed by atoms with E-state index in [0.717, 1.165) is 22.3 Å². The molecular formula is C31H32N4O4. The molecule has 1 amide bonds. The molecule has 0 bridgehead atoms. The van der Waals surface area contributed by atoms with Gasteiger partial charge in [-0.3, -0.25) is 14.5 Å². The molecule has 200 valence electrons. The lowest BCUT2D eigenvalue weighted by Crippen LogP contribution is -2.30. The number of carbonyl (C=O) groups excluding carboxylic acids is 2. The van der Waals surface area contributed by atoms with E-state index in [1.165, 1.54) is 4.90 Å². The first-order chi connectivity index (χ1) is 18.5. The number of benzene rings is 3. The van der Waals surface area contributed by atoms with Crippen LogP contribution < -0.4 is 14.5 Å². The minimum absolute atomic E-state index is 0.00273. The smallest absolute Gasteiger partial charge is 0.302 e. The third-order valence-corrected chi connectivity index (χ3v) is 6.98. The summed E-state index contributed by atoms with van der Waals surface area (Å²) in [5.74, 6) is -0.893. The molecule has 0 saturated carbocycles. The monoisotopic (exact) mass is 524 g/mol. The van der Waals surface area contributed by atoms with Crippen molar-refractivity contribution < 1.29 is 19.4 Å². The summed E-state index contributed by atoms with van der Waals surface area (Å²) in [4.78, 5) is 38.3. The Morgan fingerprint density at radius 3 is 2.26 bits per heavy atom. The highest BCUT2D eigenvalue weighted by molar-refractivity contribution is 6.51. The lowest BCUT2D eigenvalue weighted by molar-refractivity contribution is -0.132. The Bertz CT molecular complexity index is 1560. The van der Waals surface area contributed by atoms with Crippen molar-refractivity contribution in [2.45, 2.75) is 39.8 Å². The fourth-order valence-electron chi connectivity index (χ4n) is 4.81. The third-order valence-electron chi connectivity index (χ3n) is 6.98. The maximum atomic E-state index is 13.5. The van der Waals surface area contributed by atoms with Crippen molar-refractivity contribution in [2.75, 3.05) is 23.9 Å². The third kappa shape index (κ3) is 4.74. The zero-order valence-electron chi connectivity index (χ0n) is 22.9. The van der Waals surface area contributed by atoms with E-state index in [9.17, 15) is 14.7 Å². The molecule has 1 fully saturated rings. The van der Waals surface area contributed by atoms with E-state index in [0.29, 0.717) is 22.4 Å². The number of rotatable bonds is 6. The predicted molar refractivity (Wildman–Crippen MR) is 153 cm³/mol. The van der Waals surface area contributed by atoms with Crippen LogP contribution in [0.25, 0.3) is 16.8 Å². The van der Waals surface area contributed by atoms with Gasteiger partial charge in [0.2, 0.25) is 5.95 Å². The zero-order chi connectivity index (χ0) is 28.0. The van der Waals surface area contributed by atoms with E-state index in [-0.39, 0.29) is 23.4 Å². The standard InChI is InChI=1S/C31H32N4O4/c1-17(2)39-23-13-9-21(10-14-23)28(36)26-27(20-7-11-22(12-8-20)34(5)6)35(30(38)29(26)37)31-32-24-15-18(3)19(4)16-25(24)33-31/h7-17,27,36H,1-6H3,(H,32,33)/b28-26+. The van der Waals surface area contributed by atoms with Crippen molar-refractivity contribution in [3.63, 3.8) is 0 Å². The van der Waals surface area contributed by atoms with Crippen molar-refractivity contribution >= 4 is 40.1 Å². The van der Waals surface area contributed by atoms with Gasteiger partial charge < -0.3 is 19.7 Å². The molecule has 2 heterocycles. The second kappa shape index (κ2) is 9.94. The molecule has 8 nitrogen and oxygen atoms in total. The number of ether oxygens (including phenoxy) is 1. The number of hydrogen-bond acceptors (Lipinski definition) is 6. The average molecular weight is 525 g/mol. The lowest BCUT2D eigenvalue weighted by Gasteiger charge is -2.24. The molecule has 39 heavy (non-hydrogen) atoms. The molecule has 1 atom stereocenters. The number of ketones is 1. The molecule has 1 saturated heterocycles. The van der Waals surface area contributed by atoms with Crippen molar-refractivity contribution in [3.8, 4) is 5.75 Å². The van der Waals surface area contributed by atoms with Crippen LogP contribution in [-0.2, 0) is 9.59 Å². The first-order valence-corrected chi connectivity index (χ1v) is 12.9. The topological polar surface area (TPSA) is 98.8 Å². The van der Waals surface area contributed by atoms with Crippen LogP contribution in [-0.4, -0.2) is 47.0 Å². The van der Waals surface area contributed by atoms with Gasteiger partial charge in [0.15, 0.2) is 0 Å². The molecule has 0 aliphatic carbocycles. The van der Waals surface area contributed by atoms with Gasteiger partial charge in [-0.1, -0.05) is 12.1 Å². The van der Waals surface area contributed by atoms with Crippen LogP contribution in [0.2, 0.25) is 0 Å². The lowest BCUT2D eigenvalue weighted by atomic mass is 9.95. The van der Waals surface area contributed by atoms with Gasteiger partial charge in [0.05, 0.1) is 28.8 Å². The summed E-state index contributed by atoms with van der Waals surface area (Å²) in [5, 5.41) is 11.4. The van der Waals surface area contributed by atoms with Crippen LogP contribution in [0.5, 0.6) is 5.75 Å². The minimum atomic E-state index is -0.879. The molecule has 0 radical (unpaired) electrons. The molecule has 4 aromatic rings. The van der Waals surface area contributed by atoms with E-state index in [1.807, 2.05) is 83.1 Å². The summed E-state index contributed by atoms with van der Waals surface area (Å²) >= 11 is 0. The van der Waals surface area contributed by atoms with Crippen LogP contribution in [0.3, 0.4) is 0 Å². The molecule has 5 rings (SSSR count). The maximum absolute atomic E-state index is 13.5. The van der Waals surface area contributed by atoms with Crippen molar-refractivity contribution in [3.05, 3.63) is 88.5 Å². The van der Waals surface area contributed by atoms with Gasteiger partial charge in [-0.2, -0.15) is 0 Å². The Kier molecular flexibility index (Phi) is 6.64. The van der Waals surface area contributed by atoms with Gasteiger partial charge in [-0.25, -0.2) is 4.98 Å². The highest BCUT2D eigenvalue weighted by Crippen LogP contribution is 2.42. The van der Waals surface area contributed by atoms with E-state index in [4.69, 9.17) is 4.74 Å². The van der Waals surface area contributed by atoms with Crippen LogP contribution in [0.1, 0.15) is 42.1 Å². The van der Waals surface area contributed by atoms with Crippen LogP contribution in [0, 0.1) is 13.8 Å². The quantitative estimate of drug-likeness (QED) is 0.192. The summed E-state index contributed by atoms with van der Waals surface area (Å²) in [6.45, 7) is 7.86. The van der Waals surface area contributed by atoms with Gasteiger partial charge in [-0.15, -0.1) is 0 Å². The SMILES string of the molecule is Cc1cc2nc(N3C(=O)C(=O)/C(=C(/O)c4ccc(OC(C)C)cc4)C3c3ccc(N(C)C)cc3)[nH]c2cc1C. The Hall–Kier alpha value is -4.59. The van der Waals surface area contributed by atoms with Gasteiger partial charge in [0, 0.05) is 25.3 Å². The number of aromatic amines is 1. The first-order valence-electron chi connectivity index (χ1n) is 12.9. The Balaban J connectivity index is 1.67. The van der Waals surface area contributed by atoms with Crippen LogP contribution >= 0.6 is 0 Å². The molecule has 1 aliphatic heterocycles. The molecule has 1 aromatic heterocycles. The number of aliphatic hydroxyl groups is 1. The molecule has 8 heteroatoms. The number of hydrogen-bond donors (Lipinski definition) is 2. The Morgan fingerprint density at radius 1 is 1.00 bits per heavy atom. The molecule has 0 spiro atoms. The zero-order valence-corrected chi connectivity index (χ0v) is 22.9. The molecule has 2 N–H and O–H groups in total. The predicted octanol–water partition coefficient (Wildman–Crippen LogP) is 5.66. The van der Waals surface area contributed by atoms with Crippen molar-refractivity contribution in [2.24, 2.45) is 0 Å². The number of H-pyrrole nitrogens is 1. The fourth-order valence-corrected chi connectivity index (χ4v) is 4.81. The molecule has 1 aliphatic rings. The van der Waals surface area contributed by atoms with E-state index < -0.39 is 17.7 Å². The summed E-state index contributed by atoms with van der Waals surface area (Å²) in [5.41, 5.74) is 5.66. The molecular weight excluding hydrogens is 492 g/mol. The number of nitrogens with zero attached hydrogens (tertiary/aromatic N) is 3.